The van der Waals surface area contributed by atoms with E-state index in [1.165, 1.54) is 0 Å². The summed E-state index contributed by atoms with van der Waals surface area (Å²) < 4.78 is 1.03. The lowest BCUT2D eigenvalue weighted by Crippen LogP contribution is -1.94. The molecule has 3 rings (SSSR count). The zero-order valence-electron chi connectivity index (χ0n) is 8.28. The molecule has 78 valence electrons. The van der Waals surface area contributed by atoms with Gasteiger partial charge in [-0.25, -0.2) is 9.97 Å². The molecule has 0 spiro atoms. The fraction of sp³-hybridized carbons (Fsp3) is 0. The van der Waals surface area contributed by atoms with Crippen molar-refractivity contribution in [3.8, 4) is 11.4 Å². The van der Waals surface area contributed by atoms with Crippen LogP contribution < -0.4 is 0 Å². The highest BCUT2D eigenvalue weighted by molar-refractivity contribution is 5.76. The second-order valence-corrected chi connectivity index (χ2v) is 3.34. The van der Waals surface area contributed by atoms with Crippen molar-refractivity contribution in [2.24, 2.45) is 0 Å². The summed E-state index contributed by atoms with van der Waals surface area (Å²) in [7, 11) is 0. The summed E-state index contributed by atoms with van der Waals surface area (Å²) >= 11 is 0. The van der Waals surface area contributed by atoms with Gasteiger partial charge in [0.25, 0.3) is 0 Å². The molecule has 0 aliphatic carbocycles. The van der Waals surface area contributed by atoms with E-state index in [0.717, 1.165) is 10.3 Å². The summed E-state index contributed by atoms with van der Waals surface area (Å²) in [6.07, 6.45) is 4.96. The molecular formula is C11H8N4O. The predicted octanol–water partition coefficient (Wildman–Crippen LogP) is 1.73. The molecule has 0 aliphatic rings. The summed E-state index contributed by atoms with van der Waals surface area (Å²) in [5.74, 6) is 0.446. The normalized spacial score (nSPS) is 10.8. The molecule has 0 saturated carbocycles. The molecule has 0 aromatic carbocycles. The van der Waals surface area contributed by atoms with Crippen LogP contribution in [0.25, 0.3) is 22.6 Å². The first-order chi connectivity index (χ1) is 7.86. The Labute approximate surface area is 91.0 Å². The van der Waals surface area contributed by atoms with Crippen LogP contribution in [-0.4, -0.2) is 24.9 Å². The van der Waals surface area contributed by atoms with Crippen molar-refractivity contribution in [2.75, 3.05) is 0 Å². The average Bonchev–Trinajstić information content (AvgIpc) is 2.69. The summed E-state index contributed by atoms with van der Waals surface area (Å²) in [5.41, 5.74) is 1.85. The molecule has 0 amide bonds. The molecular weight excluding hydrogens is 204 g/mol. The minimum atomic E-state index is 0.446. The van der Waals surface area contributed by atoms with Crippen molar-refractivity contribution in [3.63, 3.8) is 0 Å². The van der Waals surface area contributed by atoms with Crippen LogP contribution in [-0.2, 0) is 0 Å². The number of imidazole rings is 1. The van der Waals surface area contributed by atoms with E-state index < -0.39 is 0 Å². The van der Waals surface area contributed by atoms with Crippen LogP contribution in [0, 0.1) is 0 Å². The van der Waals surface area contributed by atoms with Gasteiger partial charge < -0.3 is 5.21 Å². The van der Waals surface area contributed by atoms with Crippen LogP contribution in [0.1, 0.15) is 0 Å². The monoisotopic (exact) mass is 212 g/mol. The van der Waals surface area contributed by atoms with E-state index in [0.29, 0.717) is 17.0 Å². The molecule has 3 heterocycles. The van der Waals surface area contributed by atoms with Crippen LogP contribution in [0.15, 0.2) is 42.9 Å². The first kappa shape index (κ1) is 8.84. The van der Waals surface area contributed by atoms with Gasteiger partial charge in [0, 0.05) is 24.2 Å². The molecule has 0 saturated heterocycles. The minimum Gasteiger partial charge on any atom is -0.426 e. The number of fused-ring (bicyclic) bond motifs is 1. The molecule has 5 heteroatoms. The van der Waals surface area contributed by atoms with E-state index in [9.17, 15) is 5.21 Å². The van der Waals surface area contributed by atoms with Gasteiger partial charge >= 0.3 is 0 Å². The molecule has 5 nitrogen and oxygen atoms in total. The van der Waals surface area contributed by atoms with E-state index in [2.05, 4.69) is 15.0 Å². The van der Waals surface area contributed by atoms with Gasteiger partial charge in [0.05, 0.1) is 0 Å². The Kier molecular flexibility index (Phi) is 1.83. The first-order valence-corrected chi connectivity index (χ1v) is 4.79. The topological polar surface area (TPSA) is 63.8 Å². The fourth-order valence-electron chi connectivity index (χ4n) is 1.58. The first-order valence-electron chi connectivity index (χ1n) is 4.79. The van der Waals surface area contributed by atoms with Gasteiger partial charge in [-0.15, -0.1) is 0 Å². The van der Waals surface area contributed by atoms with Crippen molar-refractivity contribution in [1.82, 2.24) is 19.7 Å². The third kappa shape index (κ3) is 1.22. The van der Waals surface area contributed by atoms with Crippen molar-refractivity contribution < 1.29 is 5.21 Å². The highest BCUT2D eigenvalue weighted by atomic mass is 16.5. The van der Waals surface area contributed by atoms with E-state index in [1.807, 2.05) is 6.07 Å². The molecule has 0 radical (unpaired) electrons. The molecule has 0 bridgehead atoms. The molecule has 3 aromatic heterocycles. The highest BCUT2D eigenvalue weighted by Crippen LogP contribution is 2.20. The van der Waals surface area contributed by atoms with Crippen LogP contribution in [0.2, 0.25) is 0 Å². The summed E-state index contributed by atoms with van der Waals surface area (Å²) in [5, 5.41) is 9.93. The molecule has 0 unspecified atom stereocenters. The molecule has 3 aromatic rings. The highest BCUT2D eigenvalue weighted by Gasteiger charge is 2.11. The second kappa shape index (κ2) is 3.30. The summed E-state index contributed by atoms with van der Waals surface area (Å²) in [6.45, 7) is 0. The zero-order valence-corrected chi connectivity index (χ0v) is 8.28. The number of pyridine rings is 2. The van der Waals surface area contributed by atoms with Gasteiger partial charge in [-0.3, -0.25) is 4.98 Å². The second-order valence-electron chi connectivity index (χ2n) is 3.34. The van der Waals surface area contributed by atoms with Gasteiger partial charge in [0.2, 0.25) is 0 Å². The predicted molar refractivity (Wildman–Crippen MR) is 57.9 cm³/mol. The van der Waals surface area contributed by atoms with Gasteiger partial charge in [0.15, 0.2) is 11.5 Å². The van der Waals surface area contributed by atoms with Crippen LogP contribution in [0.5, 0.6) is 0 Å². The van der Waals surface area contributed by atoms with Gasteiger partial charge in [-0.2, -0.15) is 4.73 Å². The SMILES string of the molecule is On1c(-c2cccnc2)nc2ncccc21. The maximum absolute atomic E-state index is 9.93. The molecule has 16 heavy (non-hydrogen) atoms. The minimum absolute atomic E-state index is 0.446. The Morgan fingerprint density at radius 3 is 2.75 bits per heavy atom. The van der Waals surface area contributed by atoms with Crippen LogP contribution in [0.3, 0.4) is 0 Å². The summed E-state index contributed by atoms with van der Waals surface area (Å²) in [4.78, 5) is 12.3. The number of hydrogen-bond acceptors (Lipinski definition) is 4. The Morgan fingerprint density at radius 1 is 1.12 bits per heavy atom. The molecule has 0 atom stereocenters. The van der Waals surface area contributed by atoms with E-state index in [1.54, 1.807) is 36.8 Å². The molecule has 1 N–H and O–H groups in total. The lowest BCUT2D eigenvalue weighted by molar-refractivity contribution is 0.203. The van der Waals surface area contributed by atoms with Crippen molar-refractivity contribution in [1.29, 1.82) is 0 Å². The Hall–Kier alpha value is -2.43. The maximum atomic E-state index is 9.93. The van der Waals surface area contributed by atoms with Gasteiger partial charge in [-0.05, 0) is 24.3 Å². The third-order valence-electron chi connectivity index (χ3n) is 2.33. The lowest BCUT2D eigenvalue weighted by Gasteiger charge is -1.98. The zero-order chi connectivity index (χ0) is 11.0. The van der Waals surface area contributed by atoms with Crippen LogP contribution >= 0.6 is 0 Å². The Morgan fingerprint density at radius 2 is 2.00 bits per heavy atom. The number of nitrogens with zero attached hydrogens (tertiary/aromatic N) is 4. The van der Waals surface area contributed by atoms with Crippen molar-refractivity contribution in [2.45, 2.75) is 0 Å². The number of hydrogen-bond donors (Lipinski definition) is 1. The molecule has 0 aliphatic heterocycles. The maximum Gasteiger partial charge on any atom is 0.181 e. The largest absolute Gasteiger partial charge is 0.426 e. The number of aromatic nitrogens is 4. The van der Waals surface area contributed by atoms with Crippen LogP contribution in [0.4, 0.5) is 0 Å². The van der Waals surface area contributed by atoms with Gasteiger partial charge in [-0.1, -0.05) is 0 Å². The van der Waals surface area contributed by atoms with E-state index in [-0.39, 0.29) is 0 Å². The lowest BCUT2D eigenvalue weighted by atomic mass is 10.3. The summed E-state index contributed by atoms with van der Waals surface area (Å²) in [6, 6.07) is 7.14. The third-order valence-corrected chi connectivity index (χ3v) is 2.33. The average molecular weight is 212 g/mol. The number of rotatable bonds is 1. The Balaban J connectivity index is 2.29. The van der Waals surface area contributed by atoms with E-state index >= 15 is 0 Å². The van der Waals surface area contributed by atoms with Crippen molar-refractivity contribution in [3.05, 3.63) is 42.9 Å². The fourth-order valence-corrected chi connectivity index (χ4v) is 1.58. The standard InChI is InChI=1S/C11H8N4O/c16-15-9-4-2-6-13-10(9)14-11(15)8-3-1-5-12-7-8/h1-7,16H. The quantitative estimate of drug-likeness (QED) is 0.624. The molecule has 0 fully saturated rings. The van der Waals surface area contributed by atoms with E-state index in [4.69, 9.17) is 0 Å². The smallest absolute Gasteiger partial charge is 0.181 e. The van der Waals surface area contributed by atoms with Gasteiger partial charge in [0.1, 0.15) is 5.52 Å². The van der Waals surface area contributed by atoms with Crippen molar-refractivity contribution >= 4 is 11.2 Å². The Bertz CT molecular complexity index is 633.